The Labute approximate surface area is 101 Å². The van der Waals surface area contributed by atoms with Crippen LogP contribution in [0.5, 0.6) is 0 Å². The molecule has 0 N–H and O–H groups in total. The maximum Gasteiger partial charge on any atom is 1.00 e. The van der Waals surface area contributed by atoms with E-state index in [0.29, 0.717) is 5.57 Å². The molecule has 0 aliphatic carbocycles. The zero-order valence-corrected chi connectivity index (χ0v) is 9.20. The fraction of sp³-hybridized carbons (Fsp3) is 0.200. The number of hydrogen-bond donors (Lipinski definition) is 0. The van der Waals surface area contributed by atoms with Crippen LogP contribution < -0.4 is 51.4 Å². The number of rotatable bonds is 2. The molecule has 0 nitrogen and oxygen atoms in total. The normalized spacial score (nSPS) is 11.2. The van der Waals surface area contributed by atoms with Crippen molar-refractivity contribution in [3.8, 4) is 0 Å². The predicted molar refractivity (Wildman–Crippen MR) is 33.0 cm³/mol. The third-order valence-electron chi connectivity index (χ3n) is 0.599. The Morgan fingerprint density at radius 3 is 1.90 bits per heavy atom. The monoisotopic (exact) mass is 174 g/mol. The summed E-state index contributed by atoms with van der Waals surface area (Å²) in [4.78, 5) is 0. The van der Waals surface area contributed by atoms with Gasteiger partial charge in [0.1, 0.15) is 0 Å². The first-order chi connectivity index (χ1) is 3.92. The predicted octanol–water partition coefficient (Wildman–Crippen LogP) is -0.491. The minimum Gasteiger partial charge on any atom is -0.445 e. The Hall–Kier alpha value is 0.971. The molecule has 0 saturated heterocycles. The van der Waals surface area contributed by atoms with Crippen molar-refractivity contribution in [3.63, 3.8) is 0 Å². The third kappa shape index (κ3) is 11.7. The summed E-state index contributed by atoms with van der Waals surface area (Å²) < 4.78 is 34.1. The van der Waals surface area contributed by atoms with Gasteiger partial charge in [-0.2, -0.15) is 0 Å². The first-order valence-corrected chi connectivity index (χ1v) is 2.46. The molecule has 0 amide bonds. The zero-order chi connectivity index (χ0) is 7.49. The number of allylic oxidation sites excluding steroid dienone is 2. The molecule has 0 atom stereocenters. The molecular weight excluding hydrogens is 167 g/mol. The van der Waals surface area contributed by atoms with Gasteiger partial charge in [0.2, 0.25) is 0 Å². The van der Waals surface area contributed by atoms with Gasteiger partial charge in [-0.15, -0.1) is 5.98 Å². The van der Waals surface area contributed by atoms with Crippen molar-refractivity contribution in [2.45, 2.75) is 6.92 Å². The molecular formula is C5H7BF3K. The first kappa shape index (κ1) is 13.6. The molecule has 0 bridgehead atoms. The van der Waals surface area contributed by atoms with E-state index in [-0.39, 0.29) is 57.4 Å². The van der Waals surface area contributed by atoms with Crippen LogP contribution in [-0.4, -0.2) is 6.98 Å². The van der Waals surface area contributed by atoms with E-state index < -0.39 is 6.98 Å². The maximum atomic E-state index is 11.4. The van der Waals surface area contributed by atoms with Crippen LogP contribution in [0.4, 0.5) is 12.9 Å². The molecule has 0 aromatic rings. The minimum absolute atomic E-state index is 0. The summed E-state index contributed by atoms with van der Waals surface area (Å²) in [6, 6.07) is 0. The van der Waals surface area contributed by atoms with E-state index in [1.54, 1.807) is 0 Å². The van der Waals surface area contributed by atoms with Crippen molar-refractivity contribution in [2.75, 3.05) is 0 Å². The first-order valence-electron chi connectivity index (χ1n) is 2.46. The molecule has 0 aromatic heterocycles. The number of halogens is 3. The average Bonchev–Trinajstić information content (AvgIpc) is 1.59. The Balaban J connectivity index is 0. The Morgan fingerprint density at radius 2 is 1.80 bits per heavy atom. The van der Waals surface area contributed by atoms with Crippen LogP contribution in [0.2, 0.25) is 0 Å². The molecule has 0 radical (unpaired) electrons. The van der Waals surface area contributed by atoms with E-state index in [9.17, 15) is 12.9 Å². The Morgan fingerprint density at radius 1 is 1.40 bits per heavy atom. The summed E-state index contributed by atoms with van der Waals surface area (Å²) in [7, 11) is 0. The van der Waals surface area contributed by atoms with E-state index in [2.05, 4.69) is 6.58 Å². The molecule has 10 heavy (non-hydrogen) atoms. The molecule has 0 aliphatic heterocycles. The van der Waals surface area contributed by atoms with Gasteiger partial charge in [0.05, 0.1) is 0 Å². The Kier molecular flexibility index (Phi) is 7.59. The second kappa shape index (κ2) is 5.60. The van der Waals surface area contributed by atoms with Crippen molar-refractivity contribution >= 4 is 6.98 Å². The van der Waals surface area contributed by atoms with Gasteiger partial charge in [0, 0.05) is 0 Å². The van der Waals surface area contributed by atoms with Crippen LogP contribution in [0.25, 0.3) is 0 Å². The van der Waals surface area contributed by atoms with E-state index in [4.69, 9.17) is 0 Å². The summed E-state index contributed by atoms with van der Waals surface area (Å²) in [5.74, 6) is 0.225. The standard InChI is InChI=1S/C5H7BF3.K/c1-5(2)3-4-6(7,8)9;/h3-4H,1H2,2H3;/q-1;+1. The van der Waals surface area contributed by atoms with Crippen LogP contribution in [0.1, 0.15) is 6.92 Å². The quantitative estimate of drug-likeness (QED) is 0.391. The van der Waals surface area contributed by atoms with Gasteiger partial charge in [0.25, 0.3) is 0 Å². The van der Waals surface area contributed by atoms with Crippen molar-refractivity contribution in [1.82, 2.24) is 0 Å². The minimum atomic E-state index is -4.77. The van der Waals surface area contributed by atoms with E-state index in [1.807, 2.05) is 0 Å². The third-order valence-corrected chi connectivity index (χ3v) is 0.599. The summed E-state index contributed by atoms with van der Waals surface area (Å²) in [6.07, 6.45) is 0.958. The van der Waals surface area contributed by atoms with Crippen molar-refractivity contribution in [3.05, 3.63) is 24.2 Å². The number of hydrogen-bond acceptors (Lipinski definition) is 0. The van der Waals surface area contributed by atoms with Crippen LogP contribution in [0, 0.1) is 0 Å². The van der Waals surface area contributed by atoms with Crippen LogP contribution in [0.15, 0.2) is 24.2 Å². The van der Waals surface area contributed by atoms with E-state index in [0.717, 1.165) is 6.08 Å². The molecule has 0 heterocycles. The van der Waals surface area contributed by atoms with Crippen LogP contribution in [-0.2, 0) is 0 Å². The smallest absolute Gasteiger partial charge is 0.445 e. The van der Waals surface area contributed by atoms with E-state index in [1.165, 1.54) is 6.92 Å². The second-order valence-electron chi connectivity index (χ2n) is 1.83. The molecule has 0 aliphatic rings. The fourth-order valence-electron chi connectivity index (χ4n) is 0.273. The van der Waals surface area contributed by atoms with Gasteiger partial charge in [-0.1, -0.05) is 18.2 Å². The molecule has 0 fully saturated rings. The fourth-order valence-corrected chi connectivity index (χ4v) is 0.273. The Bertz CT molecular complexity index is 138. The van der Waals surface area contributed by atoms with Crippen LogP contribution in [0.3, 0.4) is 0 Å². The SMILES string of the molecule is C=C(C)C=C[B-](F)(F)F.[K+]. The summed E-state index contributed by atoms with van der Waals surface area (Å²) in [6.45, 7) is 0.0208. The largest absolute Gasteiger partial charge is 1.00 e. The van der Waals surface area contributed by atoms with Crippen LogP contribution >= 0.6 is 0 Å². The molecule has 0 saturated carbocycles. The summed E-state index contributed by atoms with van der Waals surface area (Å²) in [5.41, 5.74) is 0.411. The van der Waals surface area contributed by atoms with Gasteiger partial charge < -0.3 is 12.9 Å². The van der Waals surface area contributed by atoms with Crippen molar-refractivity contribution in [1.29, 1.82) is 0 Å². The van der Waals surface area contributed by atoms with Gasteiger partial charge in [-0.05, 0) is 6.92 Å². The van der Waals surface area contributed by atoms with Gasteiger partial charge in [-0.3, -0.25) is 0 Å². The maximum absolute atomic E-state index is 11.4. The molecule has 0 aromatic carbocycles. The van der Waals surface area contributed by atoms with Gasteiger partial charge in [0.15, 0.2) is 0 Å². The van der Waals surface area contributed by atoms with Gasteiger partial charge in [-0.25, -0.2) is 0 Å². The van der Waals surface area contributed by atoms with Crippen molar-refractivity contribution in [2.24, 2.45) is 0 Å². The van der Waals surface area contributed by atoms with Gasteiger partial charge >= 0.3 is 58.4 Å². The molecule has 0 rings (SSSR count). The molecule has 5 heteroatoms. The molecule has 0 unspecified atom stereocenters. The average molecular weight is 174 g/mol. The van der Waals surface area contributed by atoms with Crippen molar-refractivity contribution < 1.29 is 64.3 Å². The topological polar surface area (TPSA) is 0 Å². The summed E-state index contributed by atoms with van der Waals surface area (Å²) in [5, 5.41) is 0. The molecule has 52 valence electrons. The molecule has 0 spiro atoms. The zero-order valence-electron chi connectivity index (χ0n) is 6.07. The summed E-state index contributed by atoms with van der Waals surface area (Å²) >= 11 is 0. The van der Waals surface area contributed by atoms with E-state index >= 15 is 0 Å². The second-order valence-corrected chi connectivity index (χ2v) is 1.83.